The lowest BCUT2D eigenvalue weighted by Crippen LogP contribution is -2.50. The minimum atomic E-state index is 0.0553. The Kier molecular flexibility index (Phi) is 3.87. The molecule has 0 aromatic carbocycles. The maximum atomic E-state index is 12.2. The van der Waals surface area contributed by atoms with E-state index in [1.54, 1.807) is 6.08 Å². The Balaban J connectivity index is 1.70. The number of hydrogen-bond acceptors (Lipinski definition) is 2. The van der Waals surface area contributed by atoms with Crippen molar-refractivity contribution in [2.75, 3.05) is 0 Å². The molecular formula is C21H28O2S. The van der Waals surface area contributed by atoms with Gasteiger partial charge in [0.2, 0.25) is 0 Å². The number of thiol groups is 1. The molecular weight excluding hydrogens is 316 g/mol. The predicted molar refractivity (Wildman–Crippen MR) is 98.7 cm³/mol. The molecule has 0 heterocycles. The van der Waals surface area contributed by atoms with Gasteiger partial charge in [-0.3, -0.25) is 9.59 Å². The van der Waals surface area contributed by atoms with E-state index in [0.717, 1.165) is 25.7 Å². The van der Waals surface area contributed by atoms with Crippen LogP contribution in [0, 0.1) is 34.5 Å². The monoisotopic (exact) mass is 344 g/mol. The van der Waals surface area contributed by atoms with Crippen LogP contribution in [0.3, 0.4) is 0 Å². The lowest BCUT2D eigenvalue weighted by molar-refractivity contribution is -0.122. The largest absolute Gasteiger partial charge is 0.290 e. The molecule has 6 atom stereocenters. The highest BCUT2D eigenvalue weighted by molar-refractivity contribution is 7.96. The van der Waals surface area contributed by atoms with Crippen LogP contribution in [0.2, 0.25) is 0 Å². The average molecular weight is 345 g/mol. The van der Waals surface area contributed by atoms with Crippen LogP contribution in [-0.4, -0.2) is 10.9 Å². The molecule has 130 valence electrons. The highest BCUT2D eigenvalue weighted by Gasteiger charge is 2.60. The van der Waals surface area contributed by atoms with Gasteiger partial charge in [0, 0.05) is 11.3 Å². The predicted octanol–water partition coefficient (Wildman–Crippen LogP) is 4.76. The third-order valence-electron chi connectivity index (χ3n) is 8.23. The minimum Gasteiger partial charge on any atom is -0.290 e. The normalized spacial score (nSPS) is 46.8. The summed E-state index contributed by atoms with van der Waals surface area (Å²) in [6, 6.07) is 0. The highest BCUT2D eigenvalue weighted by atomic mass is 32.1. The number of carbonyl (C=O) groups is 2. The van der Waals surface area contributed by atoms with E-state index in [-0.39, 0.29) is 27.6 Å². The second kappa shape index (κ2) is 5.59. The maximum Gasteiger partial charge on any atom is 0.189 e. The molecule has 0 bridgehead atoms. The molecule has 0 aliphatic heterocycles. The molecule has 0 saturated heterocycles. The van der Waals surface area contributed by atoms with E-state index in [9.17, 15) is 9.59 Å². The zero-order valence-electron chi connectivity index (χ0n) is 14.8. The van der Waals surface area contributed by atoms with Crippen LogP contribution in [0.25, 0.3) is 0 Å². The molecule has 4 aliphatic rings. The fourth-order valence-corrected chi connectivity index (χ4v) is 7.45. The molecule has 24 heavy (non-hydrogen) atoms. The Labute approximate surface area is 150 Å². The van der Waals surface area contributed by atoms with Crippen LogP contribution in [0.5, 0.6) is 0 Å². The smallest absolute Gasteiger partial charge is 0.189 e. The van der Waals surface area contributed by atoms with Crippen LogP contribution in [-0.2, 0) is 9.59 Å². The van der Waals surface area contributed by atoms with Gasteiger partial charge in [0.1, 0.15) is 0 Å². The number of carbonyl (C=O) groups excluding carboxylic acids is 2. The van der Waals surface area contributed by atoms with Crippen molar-refractivity contribution in [3.05, 3.63) is 23.8 Å². The Morgan fingerprint density at radius 1 is 1.25 bits per heavy atom. The number of rotatable bonds is 2. The van der Waals surface area contributed by atoms with Gasteiger partial charge in [0.05, 0.1) is 0 Å². The van der Waals surface area contributed by atoms with Gasteiger partial charge in [-0.25, -0.2) is 0 Å². The Bertz CT molecular complexity index is 648. The first-order valence-electron chi connectivity index (χ1n) is 9.59. The van der Waals surface area contributed by atoms with Crippen LogP contribution < -0.4 is 0 Å². The fourth-order valence-electron chi connectivity index (χ4n) is 7.06. The van der Waals surface area contributed by atoms with E-state index in [0.29, 0.717) is 17.8 Å². The van der Waals surface area contributed by atoms with E-state index in [4.69, 9.17) is 0 Å². The molecule has 0 aromatic heterocycles. The zero-order valence-corrected chi connectivity index (χ0v) is 15.6. The number of allylic oxidation sites excluding steroid dienone is 4. The lowest BCUT2D eigenvalue weighted by Gasteiger charge is -2.57. The van der Waals surface area contributed by atoms with Crippen molar-refractivity contribution in [2.45, 2.75) is 58.8 Å². The molecule has 0 unspecified atom stereocenters. The summed E-state index contributed by atoms with van der Waals surface area (Å²) in [4.78, 5) is 24.0. The van der Waals surface area contributed by atoms with Crippen molar-refractivity contribution in [3.63, 3.8) is 0 Å². The molecule has 0 aromatic rings. The zero-order chi connectivity index (χ0) is 17.1. The van der Waals surface area contributed by atoms with E-state index in [2.05, 4.69) is 32.6 Å². The summed E-state index contributed by atoms with van der Waals surface area (Å²) in [5.41, 5.74) is 1.59. The molecule has 4 rings (SSSR count). The third-order valence-corrected chi connectivity index (χ3v) is 8.54. The highest BCUT2D eigenvalue weighted by Crippen LogP contribution is 2.67. The van der Waals surface area contributed by atoms with Gasteiger partial charge in [0.25, 0.3) is 0 Å². The van der Waals surface area contributed by atoms with Crippen LogP contribution in [0.15, 0.2) is 23.8 Å². The van der Waals surface area contributed by atoms with E-state index in [1.807, 2.05) is 6.08 Å². The number of hydrogen-bond donors (Lipinski definition) is 1. The summed E-state index contributed by atoms with van der Waals surface area (Å²) in [6.07, 6.45) is 13.7. The van der Waals surface area contributed by atoms with Gasteiger partial charge in [-0.15, -0.1) is 12.6 Å². The summed E-state index contributed by atoms with van der Waals surface area (Å²) >= 11 is 4.24. The SMILES string of the molecule is CC[C@]12CC[C@H]3[C@@H](CCC4=CC(=O)C=C[C@@]43C)[C@@H]1CC[C@@H]2C(=O)S. The quantitative estimate of drug-likeness (QED) is 0.733. The van der Waals surface area contributed by atoms with Gasteiger partial charge < -0.3 is 0 Å². The lowest BCUT2D eigenvalue weighted by atomic mass is 9.47. The van der Waals surface area contributed by atoms with Crippen LogP contribution in [0.1, 0.15) is 58.8 Å². The molecule has 3 saturated carbocycles. The fraction of sp³-hybridized carbons (Fsp3) is 0.714. The summed E-state index contributed by atoms with van der Waals surface area (Å²) in [5.74, 6) is 2.29. The van der Waals surface area contributed by atoms with Gasteiger partial charge in [0.15, 0.2) is 10.9 Å². The van der Waals surface area contributed by atoms with Crippen molar-refractivity contribution in [1.82, 2.24) is 0 Å². The Morgan fingerprint density at radius 2 is 2.04 bits per heavy atom. The van der Waals surface area contributed by atoms with Crippen molar-refractivity contribution in [2.24, 2.45) is 34.5 Å². The summed E-state index contributed by atoms with van der Waals surface area (Å²) in [7, 11) is 0. The molecule has 0 N–H and O–H groups in total. The summed E-state index contributed by atoms with van der Waals surface area (Å²) in [6.45, 7) is 4.62. The first kappa shape index (κ1) is 16.6. The molecule has 4 aliphatic carbocycles. The second-order valence-electron chi connectivity index (χ2n) is 8.70. The third kappa shape index (κ3) is 2.09. The second-order valence-corrected chi connectivity index (χ2v) is 9.14. The maximum absolute atomic E-state index is 12.2. The molecule has 2 nitrogen and oxygen atoms in total. The Morgan fingerprint density at radius 3 is 2.75 bits per heavy atom. The van der Waals surface area contributed by atoms with Crippen molar-refractivity contribution in [1.29, 1.82) is 0 Å². The van der Waals surface area contributed by atoms with Crippen LogP contribution in [0.4, 0.5) is 0 Å². The van der Waals surface area contributed by atoms with Crippen molar-refractivity contribution >= 4 is 23.5 Å². The minimum absolute atomic E-state index is 0.0553. The standard InChI is InChI=1S/C21H28O2S/c1-3-21-11-9-16-15(17(21)6-7-18(21)19(23)24)5-4-13-12-14(22)8-10-20(13,16)2/h8,10,12,15-18H,3-7,9,11H2,1-2H3,(H,23,24)/t15-,16+,17+,18-,20+,21+/m1/s1. The summed E-state index contributed by atoms with van der Waals surface area (Å²) < 4.78 is 0. The number of fused-ring (bicyclic) bond motifs is 5. The van der Waals surface area contributed by atoms with Gasteiger partial charge in [-0.05, 0) is 80.3 Å². The van der Waals surface area contributed by atoms with Gasteiger partial charge in [-0.2, -0.15) is 0 Å². The Hall–Kier alpha value is -0.830. The topological polar surface area (TPSA) is 34.1 Å². The first-order valence-corrected chi connectivity index (χ1v) is 10.0. The van der Waals surface area contributed by atoms with Crippen molar-refractivity contribution < 1.29 is 9.59 Å². The molecule has 3 heteroatoms. The number of ketones is 1. The van der Waals surface area contributed by atoms with E-state index < -0.39 is 0 Å². The van der Waals surface area contributed by atoms with Gasteiger partial charge in [-0.1, -0.05) is 25.5 Å². The molecule has 0 amide bonds. The van der Waals surface area contributed by atoms with Crippen molar-refractivity contribution in [3.8, 4) is 0 Å². The average Bonchev–Trinajstić information content (AvgIpc) is 2.95. The summed E-state index contributed by atoms with van der Waals surface area (Å²) in [5, 5.41) is 0.114. The molecule has 0 spiro atoms. The van der Waals surface area contributed by atoms with Crippen LogP contribution >= 0.6 is 12.6 Å². The van der Waals surface area contributed by atoms with E-state index in [1.165, 1.54) is 24.8 Å². The van der Waals surface area contributed by atoms with E-state index >= 15 is 0 Å². The molecule has 3 fully saturated rings. The first-order chi connectivity index (χ1) is 11.4. The molecule has 0 radical (unpaired) electrons. The van der Waals surface area contributed by atoms with Gasteiger partial charge >= 0.3 is 0 Å².